The standard InChI is InChI=1S/C25H28N2O7S/c1-27(16-18-13-14-22(32-3)24(34-5)23(18)33-4)25(28)17-9-8-10-19(15-17)35(29,30)26-20-11-6-7-12-21(20)31-2/h6-15,26H,16H2,1-5H3. The number of amides is 1. The van der Waals surface area contributed by atoms with E-state index in [0.29, 0.717) is 34.2 Å². The van der Waals surface area contributed by atoms with Crippen LogP contribution in [0.25, 0.3) is 0 Å². The Balaban J connectivity index is 1.85. The molecule has 0 aliphatic rings. The number of ether oxygens (including phenoxy) is 4. The predicted octanol–water partition coefficient (Wildman–Crippen LogP) is 3.79. The van der Waals surface area contributed by atoms with E-state index < -0.39 is 10.0 Å². The van der Waals surface area contributed by atoms with Crippen molar-refractivity contribution in [1.82, 2.24) is 4.90 Å². The van der Waals surface area contributed by atoms with E-state index in [0.717, 1.165) is 0 Å². The maximum atomic E-state index is 13.2. The molecular formula is C25H28N2O7S. The summed E-state index contributed by atoms with van der Waals surface area (Å²) in [6.07, 6.45) is 0. The van der Waals surface area contributed by atoms with Gasteiger partial charge in [-0.05, 0) is 42.5 Å². The smallest absolute Gasteiger partial charge is 0.262 e. The minimum Gasteiger partial charge on any atom is -0.495 e. The highest BCUT2D eigenvalue weighted by Gasteiger charge is 2.22. The van der Waals surface area contributed by atoms with E-state index in [9.17, 15) is 13.2 Å². The van der Waals surface area contributed by atoms with Crippen molar-refractivity contribution in [3.05, 3.63) is 71.8 Å². The summed E-state index contributed by atoms with van der Waals surface area (Å²) in [6.45, 7) is 0.193. The lowest BCUT2D eigenvalue weighted by Gasteiger charge is -2.21. The van der Waals surface area contributed by atoms with Crippen LogP contribution in [-0.4, -0.2) is 54.7 Å². The summed E-state index contributed by atoms with van der Waals surface area (Å²) >= 11 is 0. The average molecular weight is 501 g/mol. The van der Waals surface area contributed by atoms with Crippen molar-refractivity contribution in [3.63, 3.8) is 0 Å². The molecule has 0 fully saturated rings. The highest BCUT2D eigenvalue weighted by molar-refractivity contribution is 7.92. The zero-order valence-corrected chi connectivity index (χ0v) is 21.0. The number of benzene rings is 3. The number of nitrogens with one attached hydrogen (secondary N) is 1. The maximum absolute atomic E-state index is 13.2. The first-order valence-corrected chi connectivity index (χ1v) is 12.0. The van der Waals surface area contributed by atoms with E-state index in [1.807, 2.05) is 0 Å². The Hall–Kier alpha value is -3.92. The molecule has 0 bridgehead atoms. The van der Waals surface area contributed by atoms with Gasteiger partial charge in [-0.25, -0.2) is 8.42 Å². The average Bonchev–Trinajstić information content (AvgIpc) is 2.87. The molecule has 0 atom stereocenters. The number of hydrogen-bond acceptors (Lipinski definition) is 7. The minimum atomic E-state index is -3.97. The van der Waals surface area contributed by atoms with Crippen LogP contribution in [0.4, 0.5) is 5.69 Å². The Morgan fingerprint density at radius 3 is 2.17 bits per heavy atom. The molecular weight excluding hydrogens is 472 g/mol. The molecule has 0 unspecified atom stereocenters. The molecule has 0 saturated carbocycles. The topological polar surface area (TPSA) is 103 Å². The third-order valence-corrected chi connectivity index (χ3v) is 6.65. The third-order valence-electron chi connectivity index (χ3n) is 5.28. The van der Waals surface area contributed by atoms with Gasteiger partial charge in [0.05, 0.1) is 39.0 Å². The first kappa shape index (κ1) is 25.7. The second kappa shape index (κ2) is 11.0. The first-order valence-electron chi connectivity index (χ1n) is 10.5. The quantitative estimate of drug-likeness (QED) is 0.452. The fraction of sp³-hybridized carbons (Fsp3) is 0.240. The Kier molecular flexibility index (Phi) is 8.08. The fourth-order valence-corrected chi connectivity index (χ4v) is 4.68. The van der Waals surface area contributed by atoms with Crippen molar-refractivity contribution in [2.75, 3.05) is 40.2 Å². The van der Waals surface area contributed by atoms with E-state index >= 15 is 0 Å². The number of para-hydroxylation sites is 2. The Morgan fingerprint density at radius 2 is 1.51 bits per heavy atom. The molecule has 186 valence electrons. The molecule has 3 aromatic carbocycles. The number of rotatable bonds is 10. The first-order chi connectivity index (χ1) is 16.7. The van der Waals surface area contributed by atoms with Gasteiger partial charge >= 0.3 is 0 Å². The number of sulfonamides is 1. The molecule has 0 aromatic heterocycles. The van der Waals surface area contributed by atoms with Gasteiger partial charge in [0, 0.05) is 24.7 Å². The van der Waals surface area contributed by atoms with E-state index in [1.54, 1.807) is 49.5 Å². The van der Waals surface area contributed by atoms with Crippen molar-refractivity contribution in [3.8, 4) is 23.0 Å². The molecule has 0 heterocycles. The Bertz CT molecular complexity index is 1310. The van der Waals surface area contributed by atoms with Crippen LogP contribution in [0.2, 0.25) is 0 Å². The van der Waals surface area contributed by atoms with Crippen LogP contribution >= 0.6 is 0 Å². The molecule has 1 amide bonds. The molecule has 0 aliphatic carbocycles. The van der Waals surface area contributed by atoms with Gasteiger partial charge in [0.2, 0.25) is 5.75 Å². The third kappa shape index (κ3) is 5.60. The zero-order valence-electron chi connectivity index (χ0n) is 20.2. The van der Waals surface area contributed by atoms with E-state index in [2.05, 4.69) is 4.72 Å². The van der Waals surface area contributed by atoms with Gasteiger partial charge in [0.25, 0.3) is 15.9 Å². The van der Waals surface area contributed by atoms with Crippen LogP contribution in [0.5, 0.6) is 23.0 Å². The number of nitrogens with zero attached hydrogens (tertiary/aromatic N) is 1. The van der Waals surface area contributed by atoms with Gasteiger partial charge in [-0.2, -0.15) is 0 Å². The summed E-state index contributed by atoms with van der Waals surface area (Å²) in [5, 5.41) is 0. The molecule has 0 aliphatic heterocycles. The normalized spacial score (nSPS) is 10.9. The van der Waals surface area contributed by atoms with Gasteiger partial charge in [0.15, 0.2) is 11.5 Å². The lowest BCUT2D eigenvalue weighted by molar-refractivity contribution is 0.0783. The van der Waals surface area contributed by atoms with Crippen LogP contribution in [0.3, 0.4) is 0 Å². The summed E-state index contributed by atoms with van der Waals surface area (Å²) in [6, 6.07) is 16.0. The Morgan fingerprint density at radius 1 is 0.829 bits per heavy atom. The maximum Gasteiger partial charge on any atom is 0.262 e. The summed E-state index contributed by atoms with van der Waals surface area (Å²) in [5.74, 6) is 1.39. The summed E-state index contributed by atoms with van der Waals surface area (Å²) in [4.78, 5) is 14.6. The second-order valence-corrected chi connectivity index (χ2v) is 9.17. The van der Waals surface area contributed by atoms with Gasteiger partial charge in [-0.15, -0.1) is 0 Å². The fourth-order valence-electron chi connectivity index (χ4n) is 3.56. The molecule has 0 spiro atoms. The number of anilines is 1. The molecule has 0 radical (unpaired) electrons. The lowest BCUT2D eigenvalue weighted by Crippen LogP contribution is -2.27. The predicted molar refractivity (Wildman–Crippen MR) is 132 cm³/mol. The van der Waals surface area contributed by atoms with Gasteiger partial charge in [-0.1, -0.05) is 18.2 Å². The van der Waals surface area contributed by atoms with E-state index in [1.165, 1.54) is 51.5 Å². The van der Waals surface area contributed by atoms with Crippen molar-refractivity contribution >= 4 is 21.6 Å². The zero-order chi connectivity index (χ0) is 25.6. The van der Waals surface area contributed by atoms with Gasteiger partial charge < -0.3 is 23.8 Å². The van der Waals surface area contributed by atoms with Crippen LogP contribution in [0.1, 0.15) is 15.9 Å². The molecule has 0 saturated heterocycles. The second-order valence-electron chi connectivity index (χ2n) is 7.49. The van der Waals surface area contributed by atoms with Crippen LogP contribution in [-0.2, 0) is 16.6 Å². The number of methoxy groups -OCH3 is 4. The summed E-state index contributed by atoms with van der Waals surface area (Å²) < 4.78 is 49.9. The van der Waals surface area contributed by atoms with Crippen molar-refractivity contribution in [2.45, 2.75) is 11.4 Å². The number of carbonyl (C=O) groups is 1. The molecule has 10 heteroatoms. The largest absolute Gasteiger partial charge is 0.495 e. The minimum absolute atomic E-state index is 0.0497. The van der Waals surface area contributed by atoms with Gasteiger partial charge in [-0.3, -0.25) is 9.52 Å². The van der Waals surface area contributed by atoms with Crippen LogP contribution in [0.15, 0.2) is 65.6 Å². The SMILES string of the molecule is COc1ccccc1NS(=O)(=O)c1cccc(C(=O)N(C)Cc2ccc(OC)c(OC)c2OC)c1. The molecule has 3 rings (SSSR count). The number of hydrogen-bond donors (Lipinski definition) is 1. The summed E-state index contributed by atoms with van der Waals surface area (Å²) in [5.41, 5.74) is 1.21. The van der Waals surface area contributed by atoms with Crippen molar-refractivity contribution in [1.29, 1.82) is 0 Å². The van der Waals surface area contributed by atoms with Crippen LogP contribution in [0, 0.1) is 0 Å². The molecule has 35 heavy (non-hydrogen) atoms. The molecule has 9 nitrogen and oxygen atoms in total. The summed E-state index contributed by atoms with van der Waals surface area (Å²) in [7, 11) is 3.64. The lowest BCUT2D eigenvalue weighted by atomic mass is 10.1. The Labute approximate surface area is 205 Å². The molecule has 1 N–H and O–H groups in total. The van der Waals surface area contributed by atoms with Crippen molar-refractivity contribution < 1.29 is 32.2 Å². The van der Waals surface area contributed by atoms with E-state index in [4.69, 9.17) is 18.9 Å². The van der Waals surface area contributed by atoms with E-state index in [-0.39, 0.29) is 22.9 Å². The monoisotopic (exact) mass is 500 g/mol. The van der Waals surface area contributed by atoms with Crippen molar-refractivity contribution in [2.24, 2.45) is 0 Å². The highest BCUT2D eigenvalue weighted by atomic mass is 32.2. The highest BCUT2D eigenvalue weighted by Crippen LogP contribution is 2.40. The molecule has 3 aromatic rings. The van der Waals surface area contributed by atoms with Crippen LogP contribution < -0.4 is 23.7 Å². The number of carbonyl (C=O) groups excluding carboxylic acids is 1. The van der Waals surface area contributed by atoms with Gasteiger partial charge in [0.1, 0.15) is 5.75 Å².